The number of piperazine rings is 1. The number of hydrogen-bond donors (Lipinski definition) is 0. The van der Waals surface area contributed by atoms with Gasteiger partial charge in [0.25, 0.3) is 11.8 Å². The fourth-order valence-corrected chi connectivity index (χ4v) is 5.33. The summed E-state index contributed by atoms with van der Waals surface area (Å²) < 4.78 is 42.1. The van der Waals surface area contributed by atoms with Crippen molar-refractivity contribution in [2.75, 3.05) is 24.5 Å². The average Bonchev–Trinajstić information content (AvgIpc) is 2.79. The lowest BCUT2D eigenvalue weighted by molar-refractivity contribution is -0.168. The van der Waals surface area contributed by atoms with E-state index in [9.17, 15) is 27.6 Å². The van der Waals surface area contributed by atoms with Gasteiger partial charge in [0.1, 0.15) is 17.9 Å². The van der Waals surface area contributed by atoms with Crippen molar-refractivity contribution >= 4 is 23.4 Å². The zero-order valence-corrected chi connectivity index (χ0v) is 20.2. The van der Waals surface area contributed by atoms with Crippen molar-refractivity contribution in [2.45, 2.75) is 44.2 Å². The quantitative estimate of drug-likeness (QED) is 0.616. The number of nitriles is 1. The van der Waals surface area contributed by atoms with E-state index in [4.69, 9.17) is 5.26 Å². The lowest BCUT2D eigenvalue weighted by Gasteiger charge is -2.57. The molecule has 2 saturated heterocycles. The maximum Gasteiger partial charge on any atom is 0.270 e. The van der Waals surface area contributed by atoms with E-state index in [1.165, 1.54) is 41.3 Å². The summed E-state index contributed by atoms with van der Waals surface area (Å²) in [6.07, 6.45) is 1.13. The molecule has 2 aliphatic heterocycles. The van der Waals surface area contributed by atoms with Gasteiger partial charge in [0, 0.05) is 38.0 Å². The van der Waals surface area contributed by atoms with E-state index in [0.717, 1.165) is 24.3 Å². The van der Waals surface area contributed by atoms with E-state index >= 15 is 0 Å². The molecule has 1 aliphatic carbocycles. The number of nitrogens with zero attached hydrogens (tertiary/aromatic N) is 4. The molecule has 10 heteroatoms. The van der Waals surface area contributed by atoms with Crippen LogP contribution in [0.1, 0.15) is 42.9 Å². The summed E-state index contributed by atoms with van der Waals surface area (Å²) in [5, 5.41) is 9.04. The van der Waals surface area contributed by atoms with Gasteiger partial charge in [-0.25, -0.2) is 13.2 Å². The largest absolute Gasteiger partial charge is 0.342 e. The number of amides is 3. The second-order valence-electron chi connectivity index (χ2n) is 10.1. The van der Waals surface area contributed by atoms with Gasteiger partial charge in [0.05, 0.1) is 17.3 Å². The fourth-order valence-electron chi connectivity index (χ4n) is 5.33. The second-order valence-corrected chi connectivity index (χ2v) is 10.1. The number of carbonyl (C=O) groups is 3. The molecule has 0 aromatic heterocycles. The van der Waals surface area contributed by atoms with Crippen molar-refractivity contribution in [1.82, 2.24) is 9.80 Å². The molecule has 3 fully saturated rings. The van der Waals surface area contributed by atoms with Crippen LogP contribution in [0.3, 0.4) is 0 Å². The molecule has 7 nitrogen and oxygen atoms in total. The van der Waals surface area contributed by atoms with Gasteiger partial charge in [-0.3, -0.25) is 19.3 Å². The first-order valence-electron chi connectivity index (χ1n) is 12.1. The molecule has 0 unspecified atom stereocenters. The third kappa shape index (κ3) is 4.22. The smallest absolute Gasteiger partial charge is 0.270 e. The Hall–Kier alpha value is -3.87. The molecular formula is C27H25F3N4O3. The number of likely N-dealkylation sites (tertiary alicyclic amines) is 1. The van der Waals surface area contributed by atoms with Crippen molar-refractivity contribution in [1.29, 1.82) is 5.26 Å². The predicted molar refractivity (Wildman–Crippen MR) is 127 cm³/mol. The third-order valence-electron chi connectivity index (χ3n) is 7.61. The van der Waals surface area contributed by atoms with Crippen LogP contribution >= 0.6 is 0 Å². The van der Waals surface area contributed by atoms with Crippen molar-refractivity contribution < 1.29 is 27.6 Å². The first kappa shape index (κ1) is 24.8. The Morgan fingerprint density at radius 1 is 1.14 bits per heavy atom. The number of rotatable bonds is 5. The van der Waals surface area contributed by atoms with Gasteiger partial charge in [-0.15, -0.1) is 0 Å². The standard InChI is InChI=1S/C27H25F3N4O3/c1-26(29,30)20-6-3-17(4-7-20)15-34-23(35)16-33(22-8-5-18(14-31)11-21(22)28)25(37)27(34)12-19(13-27)24(36)32-9-2-10-32/h3-8,11,19H,2,9-10,12-13,15-16H2,1H3. The van der Waals surface area contributed by atoms with Crippen LogP contribution < -0.4 is 4.90 Å². The van der Waals surface area contributed by atoms with Crippen LogP contribution in [0.4, 0.5) is 18.9 Å². The Morgan fingerprint density at radius 2 is 1.81 bits per heavy atom. The summed E-state index contributed by atoms with van der Waals surface area (Å²) in [6, 6.07) is 11.1. The molecule has 1 spiro atoms. The predicted octanol–water partition coefficient (Wildman–Crippen LogP) is 3.57. The maximum absolute atomic E-state index is 14.8. The van der Waals surface area contributed by atoms with Crippen LogP contribution in [0.25, 0.3) is 0 Å². The number of benzene rings is 2. The third-order valence-corrected chi connectivity index (χ3v) is 7.61. The highest BCUT2D eigenvalue weighted by molar-refractivity contribution is 6.10. The molecule has 0 radical (unpaired) electrons. The molecule has 0 bridgehead atoms. The highest BCUT2D eigenvalue weighted by atomic mass is 19.3. The van der Waals surface area contributed by atoms with E-state index in [-0.39, 0.29) is 42.1 Å². The molecule has 0 N–H and O–H groups in total. The molecule has 37 heavy (non-hydrogen) atoms. The van der Waals surface area contributed by atoms with E-state index in [2.05, 4.69) is 0 Å². The summed E-state index contributed by atoms with van der Waals surface area (Å²) in [4.78, 5) is 44.3. The van der Waals surface area contributed by atoms with Crippen LogP contribution in [-0.2, 0) is 26.9 Å². The van der Waals surface area contributed by atoms with E-state index < -0.39 is 41.6 Å². The Balaban J connectivity index is 1.46. The molecule has 5 rings (SSSR count). The molecule has 2 aromatic carbocycles. The molecular weight excluding hydrogens is 485 g/mol. The SMILES string of the molecule is CC(F)(F)c1ccc(CN2C(=O)CN(c3ccc(C#N)cc3F)C(=O)C23CC(C(=O)N2CCC2)C3)cc1. The maximum atomic E-state index is 14.8. The zero-order chi connectivity index (χ0) is 26.5. The monoisotopic (exact) mass is 510 g/mol. The van der Waals surface area contributed by atoms with Gasteiger partial charge in [-0.2, -0.15) is 5.26 Å². The lowest BCUT2D eigenvalue weighted by atomic mass is 9.64. The Morgan fingerprint density at radius 3 is 2.35 bits per heavy atom. The summed E-state index contributed by atoms with van der Waals surface area (Å²) in [5.41, 5.74) is -0.988. The normalized spacial score (nSPS) is 23.5. The van der Waals surface area contributed by atoms with Gasteiger partial charge in [-0.05, 0) is 43.0 Å². The van der Waals surface area contributed by atoms with Gasteiger partial charge < -0.3 is 9.80 Å². The van der Waals surface area contributed by atoms with Crippen LogP contribution in [0.2, 0.25) is 0 Å². The molecule has 192 valence electrons. The number of carbonyl (C=O) groups excluding carboxylic acids is 3. The molecule has 2 aromatic rings. The topological polar surface area (TPSA) is 84.7 Å². The highest BCUT2D eigenvalue weighted by Crippen LogP contribution is 2.48. The molecule has 3 aliphatic rings. The number of alkyl halides is 2. The lowest BCUT2D eigenvalue weighted by Crippen LogP contribution is -2.74. The summed E-state index contributed by atoms with van der Waals surface area (Å²) >= 11 is 0. The zero-order valence-electron chi connectivity index (χ0n) is 20.2. The Kier molecular flexibility index (Phi) is 5.97. The molecule has 3 amide bonds. The summed E-state index contributed by atoms with van der Waals surface area (Å²) in [5.74, 6) is -5.25. The first-order valence-corrected chi connectivity index (χ1v) is 12.1. The Bertz CT molecular complexity index is 1310. The Labute approximate surface area is 212 Å². The van der Waals surface area contributed by atoms with Crippen LogP contribution in [0.15, 0.2) is 42.5 Å². The number of hydrogen-bond acceptors (Lipinski definition) is 4. The highest BCUT2D eigenvalue weighted by Gasteiger charge is 2.62. The van der Waals surface area contributed by atoms with Crippen molar-refractivity contribution in [3.05, 3.63) is 65.0 Å². The van der Waals surface area contributed by atoms with Gasteiger partial charge in [-0.1, -0.05) is 24.3 Å². The fraction of sp³-hybridized carbons (Fsp3) is 0.407. The first-order chi connectivity index (χ1) is 17.5. The molecule has 1 saturated carbocycles. The van der Waals surface area contributed by atoms with Crippen LogP contribution in [-0.4, -0.2) is 52.7 Å². The van der Waals surface area contributed by atoms with Crippen molar-refractivity contribution in [2.24, 2.45) is 5.92 Å². The van der Waals surface area contributed by atoms with Gasteiger partial charge in [0.15, 0.2) is 0 Å². The van der Waals surface area contributed by atoms with Crippen LogP contribution in [0.5, 0.6) is 0 Å². The van der Waals surface area contributed by atoms with E-state index in [1.807, 2.05) is 6.07 Å². The van der Waals surface area contributed by atoms with Crippen molar-refractivity contribution in [3.8, 4) is 6.07 Å². The minimum absolute atomic E-state index is 0.00550. The minimum Gasteiger partial charge on any atom is -0.342 e. The number of halogens is 3. The van der Waals surface area contributed by atoms with Crippen molar-refractivity contribution in [3.63, 3.8) is 0 Å². The average molecular weight is 511 g/mol. The molecule has 0 atom stereocenters. The van der Waals surface area contributed by atoms with E-state index in [0.29, 0.717) is 18.7 Å². The number of anilines is 1. The second kappa shape index (κ2) is 8.91. The summed E-state index contributed by atoms with van der Waals surface area (Å²) in [6.45, 7) is 1.70. The van der Waals surface area contributed by atoms with Gasteiger partial charge in [0.2, 0.25) is 11.8 Å². The minimum atomic E-state index is -3.01. The van der Waals surface area contributed by atoms with Crippen LogP contribution in [0, 0.1) is 23.1 Å². The molecule has 2 heterocycles. The van der Waals surface area contributed by atoms with Gasteiger partial charge >= 0.3 is 0 Å². The van der Waals surface area contributed by atoms with E-state index in [1.54, 1.807) is 4.90 Å². The summed E-state index contributed by atoms with van der Waals surface area (Å²) in [7, 11) is 0.